The van der Waals surface area contributed by atoms with Gasteiger partial charge in [0, 0.05) is 12.6 Å². The smallest absolute Gasteiger partial charge is 0.0456 e. The molecule has 0 saturated heterocycles. The third kappa shape index (κ3) is 5.27. The predicted octanol–water partition coefficient (Wildman–Crippen LogP) is 3.59. The van der Waals surface area contributed by atoms with E-state index in [0.717, 1.165) is 18.9 Å². The van der Waals surface area contributed by atoms with Gasteiger partial charge in [-0.3, -0.25) is 0 Å². The van der Waals surface area contributed by atoms with Crippen LogP contribution in [0.5, 0.6) is 0 Å². The van der Waals surface area contributed by atoms with E-state index in [1.807, 2.05) is 0 Å². The van der Waals surface area contributed by atoms with E-state index in [1.165, 1.54) is 32.1 Å². The maximum atomic E-state index is 9.01. The van der Waals surface area contributed by atoms with Gasteiger partial charge < -0.3 is 10.4 Å². The van der Waals surface area contributed by atoms with Crippen molar-refractivity contribution >= 4 is 0 Å². The molecule has 0 radical (unpaired) electrons. The lowest BCUT2D eigenvalue weighted by molar-refractivity contribution is 0.130. The molecule has 0 spiro atoms. The molecule has 0 aliphatic heterocycles. The summed E-state index contributed by atoms with van der Waals surface area (Å²) >= 11 is 0. The Labute approximate surface area is 114 Å². The van der Waals surface area contributed by atoms with Crippen molar-refractivity contribution < 1.29 is 5.11 Å². The molecule has 0 heterocycles. The van der Waals surface area contributed by atoms with E-state index in [9.17, 15) is 0 Å². The summed E-state index contributed by atoms with van der Waals surface area (Å²) in [5, 5.41) is 12.8. The highest BCUT2D eigenvalue weighted by molar-refractivity contribution is 4.88. The molecule has 1 saturated carbocycles. The van der Waals surface area contributed by atoms with Crippen LogP contribution in [0.25, 0.3) is 0 Å². The third-order valence-electron chi connectivity index (χ3n) is 4.47. The van der Waals surface area contributed by atoms with Gasteiger partial charge in [-0.05, 0) is 49.5 Å². The minimum absolute atomic E-state index is 0.327. The molecule has 0 amide bonds. The highest BCUT2D eigenvalue weighted by Gasteiger charge is 2.33. The van der Waals surface area contributed by atoms with Crippen molar-refractivity contribution in [1.82, 2.24) is 5.32 Å². The lowest BCUT2D eigenvalue weighted by atomic mass is 9.69. The molecule has 1 aliphatic carbocycles. The minimum atomic E-state index is 0.327. The predicted molar refractivity (Wildman–Crippen MR) is 78.7 cm³/mol. The van der Waals surface area contributed by atoms with Gasteiger partial charge in [0.2, 0.25) is 0 Å². The van der Waals surface area contributed by atoms with Gasteiger partial charge in [-0.25, -0.2) is 0 Å². The Morgan fingerprint density at radius 3 is 2.50 bits per heavy atom. The van der Waals surface area contributed by atoms with E-state index < -0.39 is 0 Å². The molecule has 3 atom stereocenters. The van der Waals surface area contributed by atoms with Crippen molar-refractivity contribution in [3.05, 3.63) is 0 Å². The first-order valence-corrected chi connectivity index (χ1v) is 7.79. The molecule has 1 aliphatic rings. The molecule has 2 nitrogen and oxygen atoms in total. The Balaban J connectivity index is 2.30. The molecule has 0 aromatic carbocycles. The van der Waals surface area contributed by atoms with Crippen molar-refractivity contribution in [2.24, 2.45) is 17.3 Å². The van der Waals surface area contributed by atoms with Crippen molar-refractivity contribution in [1.29, 1.82) is 0 Å². The molecule has 0 aromatic rings. The van der Waals surface area contributed by atoms with E-state index in [-0.39, 0.29) is 0 Å². The molecular weight excluding hydrogens is 222 g/mol. The standard InChI is InChI=1S/C16H33NO/c1-13(12-18)8-7-11-17-15-10-6-5-9-14(15)16(2,3)4/h13-15,17-18H,5-12H2,1-4H3. The summed E-state index contributed by atoms with van der Waals surface area (Å²) < 4.78 is 0. The normalized spacial score (nSPS) is 27.2. The maximum Gasteiger partial charge on any atom is 0.0456 e. The number of hydrogen-bond acceptors (Lipinski definition) is 2. The van der Waals surface area contributed by atoms with Gasteiger partial charge in [-0.1, -0.05) is 40.5 Å². The molecule has 1 fully saturated rings. The fourth-order valence-corrected chi connectivity index (χ4v) is 3.24. The zero-order valence-corrected chi connectivity index (χ0v) is 12.8. The van der Waals surface area contributed by atoms with Gasteiger partial charge in [-0.2, -0.15) is 0 Å². The fraction of sp³-hybridized carbons (Fsp3) is 1.00. The van der Waals surface area contributed by atoms with Crippen LogP contribution in [0.2, 0.25) is 0 Å². The fourth-order valence-electron chi connectivity index (χ4n) is 3.24. The molecule has 0 aromatic heterocycles. The summed E-state index contributed by atoms with van der Waals surface area (Å²) in [7, 11) is 0. The average molecular weight is 255 g/mol. The van der Waals surface area contributed by atoms with Crippen LogP contribution in [0, 0.1) is 17.3 Å². The van der Waals surface area contributed by atoms with Crippen molar-refractivity contribution in [2.75, 3.05) is 13.2 Å². The molecule has 1 rings (SSSR count). The summed E-state index contributed by atoms with van der Waals surface area (Å²) in [6, 6.07) is 0.711. The largest absolute Gasteiger partial charge is 0.396 e. The average Bonchev–Trinajstić information content (AvgIpc) is 2.33. The van der Waals surface area contributed by atoms with E-state index in [4.69, 9.17) is 5.11 Å². The van der Waals surface area contributed by atoms with Crippen molar-refractivity contribution in [2.45, 2.75) is 72.3 Å². The Kier molecular flexibility index (Phi) is 6.65. The number of aliphatic hydroxyl groups excluding tert-OH is 1. The van der Waals surface area contributed by atoms with Gasteiger partial charge in [0.05, 0.1) is 0 Å². The molecule has 0 bridgehead atoms. The monoisotopic (exact) mass is 255 g/mol. The summed E-state index contributed by atoms with van der Waals surface area (Å²) in [6.07, 6.45) is 7.84. The first kappa shape index (κ1) is 16.0. The van der Waals surface area contributed by atoms with Crippen LogP contribution in [0.3, 0.4) is 0 Å². The van der Waals surface area contributed by atoms with E-state index >= 15 is 0 Å². The Morgan fingerprint density at radius 1 is 1.22 bits per heavy atom. The van der Waals surface area contributed by atoms with Crippen LogP contribution in [-0.2, 0) is 0 Å². The zero-order chi connectivity index (χ0) is 13.6. The molecule has 18 heavy (non-hydrogen) atoms. The second kappa shape index (κ2) is 7.49. The lowest BCUT2D eigenvalue weighted by Crippen LogP contribution is -2.44. The second-order valence-electron chi connectivity index (χ2n) is 7.25. The van der Waals surface area contributed by atoms with Crippen LogP contribution >= 0.6 is 0 Å². The number of aliphatic hydroxyl groups is 1. The topological polar surface area (TPSA) is 32.3 Å². The highest BCUT2D eigenvalue weighted by Crippen LogP contribution is 2.37. The summed E-state index contributed by atoms with van der Waals surface area (Å²) in [5.74, 6) is 1.28. The molecule has 2 heteroatoms. The van der Waals surface area contributed by atoms with Gasteiger partial charge in [0.1, 0.15) is 0 Å². The first-order valence-electron chi connectivity index (χ1n) is 7.79. The zero-order valence-electron chi connectivity index (χ0n) is 12.8. The van der Waals surface area contributed by atoms with Gasteiger partial charge in [0.15, 0.2) is 0 Å². The summed E-state index contributed by atoms with van der Waals surface area (Å²) in [4.78, 5) is 0. The highest BCUT2D eigenvalue weighted by atomic mass is 16.3. The SMILES string of the molecule is CC(CO)CCCNC1CCCCC1C(C)(C)C. The minimum Gasteiger partial charge on any atom is -0.396 e. The van der Waals surface area contributed by atoms with E-state index in [0.29, 0.717) is 24.0 Å². The number of rotatable bonds is 6. The van der Waals surface area contributed by atoms with Crippen LogP contribution in [0.15, 0.2) is 0 Å². The van der Waals surface area contributed by atoms with Crippen LogP contribution in [-0.4, -0.2) is 24.3 Å². The maximum absolute atomic E-state index is 9.01. The summed E-state index contributed by atoms with van der Waals surface area (Å²) in [6.45, 7) is 10.7. The second-order valence-corrected chi connectivity index (χ2v) is 7.25. The first-order chi connectivity index (χ1) is 8.45. The van der Waals surface area contributed by atoms with E-state index in [2.05, 4.69) is 33.0 Å². The number of hydrogen-bond donors (Lipinski definition) is 2. The van der Waals surface area contributed by atoms with E-state index in [1.54, 1.807) is 0 Å². The summed E-state index contributed by atoms with van der Waals surface area (Å²) in [5.41, 5.74) is 0.427. The molecule has 2 N–H and O–H groups in total. The molecular formula is C16H33NO. The Morgan fingerprint density at radius 2 is 1.89 bits per heavy atom. The van der Waals surface area contributed by atoms with Crippen molar-refractivity contribution in [3.63, 3.8) is 0 Å². The quantitative estimate of drug-likeness (QED) is 0.711. The Hall–Kier alpha value is -0.0800. The van der Waals surface area contributed by atoms with Crippen LogP contribution < -0.4 is 5.32 Å². The third-order valence-corrected chi connectivity index (χ3v) is 4.47. The van der Waals surface area contributed by atoms with Crippen molar-refractivity contribution in [3.8, 4) is 0 Å². The lowest BCUT2D eigenvalue weighted by Gasteiger charge is -2.41. The van der Waals surface area contributed by atoms with Crippen LogP contribution in [0.1, 0.15) is 66.2 Å². The van der Waals surface area contributed by atoms with Gasteiger partial charge in [0.25, 0.3) is 0 Å². The molecule has 108 valence electrons. The number of nitrogens with one attached hydrogen (secondary N) is 1. The van der Waals surface area contributed by atoms with Crippen LogP contribution in [0.4, 0.5) is 0 Å². The molecule has 3 unspecified atom stereocenters. The van der Waals surface area contributed by atoms with Gasteiger partial charge >= 0.3 is 0 Å². The Bertz CT molecular complexity index is 222. The van der Waals surface area contributed by atoms with Gasteiger partial charge in [-0.15, -0.1) is 0 Å².